The summed E-state index contributed by atoms with van der Waals surface area (Å²) in [5, 5.41) is 12.4. The standard InChI is InChI=1S/C25H30FN5O2S/c1-17-7-12-22(33-3)21(15-17)27-23(32)16-34-25-29-28-24(18(2)30-13-5-4-6-14-30)31(25)20-10-8-19(26)9-11-20/h7-12,15,18H,4-6,13-14,16H2,1-3H3,(H,27,32). The summed E-state index contributed by atoms with van der Waals surface area (Å²) in [6.07, 6.45) is 3.58. The molecular weight excluding hydrogens is 453 g/mol. The summed E-state index contributed by atoms with van der Waals surface area (Å²) in [4.78, 5) is 15.1. The maximum atomic E-state index is 13.6. The van der Waals surface area contributed by atoms with Gasteiger partial charge in [0, 0.05) is 5.69 Å². The SMILES string of the molecule is COc1ccc(C)cc1NC(=O)CSc1nnc(C(C)N2CCCCC2)n1-c1ccc(F)cc1. The van der Waals surface area contributed by atoms with Crippen LogP contribution in [0.2, 0.25) is 0 Å². The van der Waals surface area contributed by atoms with E-state index in [0.29, 0.717) is 16.6 Å². The molecule has 1 aliphatic heterocycles. The number of hydrogen-bond acceptors (Lipinski definition) is 6. The van der Waals surface area contributed by atoms with Crippen LogP contribution in [0.4, 0.5) is 10.1 Å². The Labute approximate surface area is 203 Å². The Bertz CT molecular complexity index is 1130. The number of hydrogen-bond donors (Lipinski definition) is 1. The van der Waals surface area contributed by atoms with Crippen molar-refractivity contribution in [2.45, 2.75) is 44.3 Å². The van der Waals surface area contributed by atoms with Gasteiger partial charge in [0.1, 0.15) is 11.6 Å². The van der Waals surface area contributed by atoms with Gasteiger partial charge in [-0.1, -0.05) is 24.2 Å². The van der Waals surface area contributed by atoms with Crippen LogP contribution in [0.3, 0.4) is 0 Å². The van der Waals surface area contributed by atoms with Crippen LogP contribution in [0.1, 0.15) is 43.6 Å². The topological polar surface area (TPSA) is 72.3 Å². The fourth-order valence-electron chi connectivity index (χ4n) is 4.18. The lowest BCUT2D eigenvalue weighted by atomic mass is 10.1. The second-order valence-electron chi connectivity index (χ2n) is 8.47. The summed E-state index contributed by atoms with van der Waals surface area (Å²) in [6, 6.07) is 12.0. The Balaban J connectivity index is 1.55. The van der Waals surface area contributed by atoms with E-state index in [2.05, 4.69) is 27.3 Å². The van der Waals surface area contributed by atoms with E-state index in [4.69, 9.17) is 4.74 Å². The number of anilines is 1. The molecule has 1 amide bonds. The van der Waals surface area contributed by atoms with E-state index in [9.17, 15) is 9.18 Å². The lowest BCUT2D eigenvalue weighted by Gasteiger charge is -2.31. The van der Waals surface area contributed by atoms with Crippen molar-refractivity contribution in [3.8, 4) is 11.4 Å². The van der Waals surface area contributed by atoms with E-state index < -0.39 is 0 Å². The van der Waals surface area contributed by atoms with Crippen molar-refractivity contribution in [2.24, 2.45) is 0 Å². The highest BCUT2D eigenvalue weighted by atomic mass is 32.2. The van der Waals surface area contributed by atoms with Gasteiger partial charge in [0.05, 0.1) is 24.6 Å². The average Bonchev–Trinajstić information content (AvgIpc) is 3.27. The summed E-state index contributed by atoms with van der Waals surface area (Å²) < 4.78 is 20.9. The van der Waals surface area contributed by atoms with Crippen LogP contribution < -0.4 is 10.1 Å². The summed E-state index contributed by atoms with van der Waals surface area (Å²) in [5.41, 5.74) is 2.43. The number of nitrogens with one attached hydrogen (secondary N) is 1. The minimum absolute atomic E-state index is 0.0533. The number of halogens is 1. The second-order valence-corrected chi connectivity index (χ2v) is 9.41. The minimum atomic E-state index is -0.303. The molecule has 0 bridgehead atoms. The van der Waals surface area contributed by atoms with E-state index in [-0.39, 0.29) is 23.5 Å². The number of amides is 1. The predicted octanol–water partition coefficient (Wildman–Crippen LogP) is 5.00. The van der Waals surface area contributed by atoms with Crippen molar-refractivity contribution < 1.29 is 13.9 Å². The molecular formula is C25H30FN5O2S. The van der Waals surface area contributed by atoms with Crippen LogP contribution >= 0.6 is 11.8 Å². The monoisotopic (exact) mass is 483 g/mol. The zero-order chi connectivity index (χ0) is 24.1. The van der Waals surface area contributed by atoms with Gasteiger partial charge in [-0.05, 0) is 81.7 Å². The summed E-state index contributed by atoms with van der Waals surface area (Å²) >= 11 is 1.30. The molecule has 3 aromatic rings. The fraction of sp³-hybridized carbons (Fsp3) is 0.400. The molecule has 2 aromatic carbocycles. The number of aryl methyl sites for hydroxylation is 1. The molecule has 0 spiro atoms. The van der Waals surface area contributed by atoms with Crippen molar-refractivity contribution in [1.82, 2.24) is 19.7 Å². The van der Waals surface area contributed by atoms with Crippen molar-refractivity contribution in [2.75, 3.05) is 31.3 Å². The molecule has 180 valence electrons. The highest BCUT2D eigenvalue weighted by molar-refractivity contribution is 7.99. The largest absolute Gasteiger partial charge is 0.495 e. The molecule has 2 heterocycles. The quantitative estimate of drug-likeness (QED) is 0.455. The zero-order valence-corrected chi connectivity index (χ0v) is 20.6. The first-order valence-corrected chi connectivity index (χ1v) is 12.5. The number of benzene rings is 2. The lowest BCUT2D eigenvalue weighted by molar-refractivity contribution is -0.113. The van der Waals surface area contributed by atoms with E-state index in [1.165, 1.54) is 43.2 Å². The molecule has 0 aliphatic carbocycles. The molecule has 1 N–H and O–H groups in total. The van der Waals surface area contributed by atoms with E-state index in [0.717, 1.165) is 30.2 Å². The zero-order valence-electron chi connectivity index (χ0n) is 19.8. The van der Waals surface area contributed by atoms with E-state index >= 15 is 0 Å². The van der Waals surface area contributed by atoms with Crippen LogP contribution in [-0.4, -0.2) is 51.5 Å². The molecule has 9 heteroatoms. The molecule has 34 heavy (non-hydrogen) atoms. The van der Waals surface area contributed by atoms with Gasteiger partial charge >= 0.3 is 0 Å². The maximum Gasteiger partial charge on any atom is 0.234 e. The van der Waals surface area contributed by atoms with Crippen molar-refractivity contribution in [3.05, 3.63) is 59.7 Å². The van der Waals surface area contributed by atoms with Gasteiger partial charge in [-0.2, -0.15) is 0 Å². The van der Waals surface area contributed by atoms with Crippen LogP contribution in [0, 0.1) is 12.7 Å². The normalized spacial score (nSPS) is 15.2. The summed E-state index contributed by atoms with van der Waals surface area (Å²) in [5.74, 6) is 1.07. The van der Waals surface area contributed by atoms with Crippen LogP contribution in [0.25, 0.3) is 5.69 Å². The van der Waals surface area contributed by atoms with Crippen LogP contribution in [0.5, 0.6) is 5.75 Å². The molecule has 0 radical (unpaired) electrons. The molecule has 4 rings (SSSR count). The third-order valence-corrected chi connectivity index (χ3v) is 6.95. The molecule has 1 unspecified atom stereocenters. The number of methoxy groups -OCH3 is 1. The number of carbonyl (C=O) groups excluding carboxylic acids is 1. The number of carbonyl (C=O) groups is 1. The molecule has 1 atom stereocenters. The third kappa shape index (κ3) is 5.59. The Hall–Kier alpha value is -2.91. The number of aromatic nitrogens is 3. The van der Waals surface area contributed by atoms with Crippen LogP contribution in [-0.2, 0) is 4.79 Å². The van der Waals surface area contributed by atoms with Gasteiger partial charge in [-0.15, -0.1) is 10.2 Å². The van der Waals surface area contributed by atoms with Crippen LogP contribution in [0.15, 0.2) is 47.6 Å². The smallest absolute Gasteiger partial charge is 0.234 e. The highest BCUT2D eigenvalue weighted by Gasteiger charge is 2.26. The van der Waals surface area contributed by atoms with Gasteiger partial charge in [0.25, 0.3) is 0 Å². The number of nitrogens with zero attached hydrogens (tertiary/aromatic N) is 4. The Morgan fingerprint density at radius 3 is 2.59 bits per heavy atom. The van der Waals surface area contributed by atoms with Crippen molar-refractivity contribution >= 4 is 23.4 Å². The van der Waals surface area contributed by atoms with Gasteiger partial charge in [-0.25, -0.2) is 4.39 Å². The number of thioether (sulfide) groups is 1. The van der Waals surface area contributed by atoms with Gasteiger partial charge in [0.2, 0.25) is 5.91 Å². The summed E-state index contributed by atoms with van der Waals surface area (Å²) in [6.45, 7) is 6.11. The van der Waals surface area contributed by atoms with Crippen molar-refractivity contribution in [1.29, 1.82) is 0 Å². The first-order valence-electron chi connectivity index (χ1n) is 11.5. The molecule has 7 nitrogen and oxygen atoms in total. The predicted molar refractivity (Wildman–Crippen MR) is 132 cm³/mol. The minimum Gasteiger partial charge on any atom is -0.495 e. The molecule has 0 saturated carbocycles. The lowest BCUT2D eigenvalue weighted by Crippen LogP contribution is -2.33. The summed E-state index contributed by atoms with van der Waals surface area (Å²) in [7, 11) is 1.57. The third-order valence-electron chi connectivity index (χ3n) is 6.02. The number of ether oxygens (including phenoxy) is 1. The van der Waals surface area contributed by atoms with E-state index in [1.807, 2.05) is 29.7 Å². The molecule has 1 fully saturated rings. The van der Waals surface area contributed by atoms with Gasteiger partial charge < -0.3 is 10.1 Å². The Kier molecular flexibility index (Phi) is 7.84. The van der Waals surface area contributed by atoms with E-state index in [1.54, 1.807) is 19.2 Å². The number of likely N-dealkylation sites (tertiary alicyclic amines) is 1. The van der Waals surface area contributed by atoms with Gasteiger partial charge in [0.15, 0.2) is 11.0 Å². The highest BCUT2D eigenvalue weighted by Crippen LogP contribution is 2.30. The Morgan fingerprint density at radius 2 is 1.88 bits per heavy atom. The first-order chi connectivity index (χ1) is 16.5. The maximum absolute atomic E-state index is 13.6. The molecule has 1 saturated heterocycles. The Morgan fingerprint density at radius 1 is 1.15 bits per heavy atom. The molecule has 1 aliphatic rings. The number of piperidine rings is 1. The first kappa shape index (κ1) is 24.2. The van der Waals surface area contributed by atoms with Crippen molar-refractivity contribution in [3.63, 3.8) is 0 Å². The van der Waals surface area contributed by atoms with Gasteiger partial charge in [-0.3, -0.25) is 14.3 Å². The second kappa shape index (κ2) is 11.0. The fourth-order valence-corrected chi connectivity index (χ4v) is 4.94. The average molecular weight is 484 g/mol. The number of rotatable bonds is 8. The molecule has 1 aromatic heterocycles.